The summed E-state index contributed by atoms with van der Waals surface area (Å²) in [7, 11) is -1.96. The second kappa shape index (κ2) is 6.32. The molecule has 0 atom stereocenters. The van der Waals surface area contributed by atoms with E-state index < -0.39 is 10.0 Å². The maximum Gasteiger partial charge on any atom is 0.263 e. The van der Waals surface area contributed by atoms with E-state index >= 15 is 0 Å². The number of nitrogens with one attached hydrogen (secondary N) is 2. The van der Waals surface area contributed by atoms with E-state index in [4.69, 9.17) is 23.2 Å². The molecular weight excluding hydrogens is 339 g/mol. The van der Waals surface area contributed by atoms with Gasteiger partial charge in [0.05, 0.1) is 15.7 Å². The minimum atomic E-state index is -3.72. The van der Waals surface area contributed by atoms with Crippen molar-refractivity contribution in [1.82, 2.24) is 5.32 Å². The fourth-order valence-corrected chi connectivity index (χ4v) is 4.80. The molecule has 0 aliphatic carbocycles. The fraction of sp³-hybridized carbons (Fsp3) is 0.167. The van der Waals surface area contributed by atoms with E-state index in [1.54, 1.807) is 36.7 Å². The lowest BCUT2D eigenvalue weighted by Gasteiger charge is -2.11. The highest BCUT2D eigenvalue weighted by Crippen LogP contribution is 2.33. The van der Waals surface area contributed by atoms with Crippen LogP contribution >= 0.6 is 34.5 Å². The van der Waals surface area contributed by atoms with Gasteiger partial charge in [0.15, 0.2) is 0 Å². The second-order valence-corrected chi connectivity index (χ2v) is 7.41. The van der Waals surface area contributed by atoms with Gasteiger partial charge in [0.1, 0.15) is 4.90 Å². The Labute approximate surface area is 131 Å². The van der Waals surface area contributed by atoms with Crippen molar-refractivity contribution in [3.63, 3.8) is 0 Å². The Balaban J connectivity index is 2.39. The SMILES string of the molecule is CNCc1sccc1S(=O)(=O)Nc1c(Cl)cccc1Cl. The van der Waals surface area contributed by atoms with Crippen molar-refractivity contribution < 1.29 is 8.42 Å². The van der Waals surface area contributed by atoms with Crippen molar-refractivity contribution >= 4 is 50.2 Å². The quantitative estimate of drug-likeness (QED) is 0.866. The molecule has 0 saturated heterocycles. The van der Waals surface area contributed by atoms with Gasteiger partial charge in [0.25, 0.3) is 10.0 Å². The third-order valence-corrected chi connectivity index (χ3v) is 5.65. The number of thiophene rings is 1. The molecular formula is C12H12Cl2N2O2S2. The van der Waals surface area contributed by atoms with E-state index in [2.05, 4.69) is 10.0 Å². The van der Waals surface area contributed by atoms with Crippen molar-refractivity contribution in [2.45, 2.75) is 11.4 Å². The van der Waals surface area contributed by atoms with Crippen molar-refractivity contribution in [3.8, 4) is 0 Å². The summed E-state index contributed by atoms with van der Waals surface area (Å²) in [6.07, 6.45) is 0. The summed E-state index contributed by atoms with van der Waals surface area (Å²) in [6.45, 7) is 0.476. The molecule has 108 valence electrons. The van der Waals surface area contributed by atoms with Crippen LogP contribution < -0.4 is 10.0 Å². The monoisotopic (exact) mass is 350 g/mol. The van der Waals surface area contributed by atoms with Crippen LogP contribution in [0.5, 0.6) is 0 Å². The first-order chi connectivity index (χ1) is 9.45. The van der Waals surface area contributed by atoms with Gasteiger partial charge in [-0.15, -0.1) is 11.3 Å². The number of hydrogen-bond donors (Lipinski definition) is 2. The molecule has 2 rings (SSSR count). The van der Waals surface area contributed by atoms with Gasteiger partial charge in [-0.05, 0) is 30.6 Å². The van der Waals surface area contributed by atoms with Crippen molar-refractivity contribution in [2.75, 3.05) is 11.8 Å². The smallest absolute Gasteiger partial charge is 0.263 e. The first-order valence-electron chi connectivity index (χ1n) is 5.63. The Morgan fingerprint density at radius 2 is 1.85 bits per heavy atom. The van der Waals surface area contributed by atoms with E-state index in [-0.39, 0.29) is 20.6 Å². The lowest BCUT2D eigenvalue weighted by molar-refractivity contribution is 0.600. The molecule has 0 fully saturated rings. The average Bonchev–Trinajstić information content (AvgIpc) is 2.84. The molecule has 1 aromatic carbocycles. The van der Waals surface area contributed by atoms with Gasteiger partial charge >= 0.3 is 0 Å². The molecule has 0 saturated carbocycles. The molecule has 0 aliphatic rings. The van der Waals surface area contributed by atoms with Crippen molar-refractivity contribution in [1.29, 1.82) is 0 Å². The molecule has 0 amide bonds. The molecule has 0 aliphatic heterocycles. The highest BCUT2D eigenvalue weighted by Gasteiger charge is 2.21. The number of para-hydroxylation sites is 1. The Morgan fingerprint density at radius 3 is 2.45 bits per heavy atom. The van der Waals surface area contributed by atoms with E-state index in [1.807, 2.05) is 0 Å². The third-order valence-electron chi connectivity index (χ3n) is 2.53. The average molecular weight is 351 g/mol. The van der Waals surface area contributed by atoms with E-state index in [9.17, 15) is 8.42 Å². The number of anilines is 1. The van der Waals surface area contributed by atoms with Gasteiger partial charge in [0.2, 0.25) is 0 Å². The van der Waals surface area contributed by atoms with Crippen LogP contribution in [0, 0.1) is 0 Å². The summed E-state index contributed by atoms with van der Waals surface area (Å²) >= 11 is 13.3. The van der Waals surface area contributed by atoms with Gasteiger partial charge in [0, 0.05) is 11.4 Å². The molecule has 1 heterocycles. The van der Waals surface area contributed by atoms with Crippen LogP contribution in [0.15, 0.2) is 34.5 Å². The highest BCUT2D eigenvalue weighted by molar-refractivity contribution is 7.93. The number of sulfonamides is 1. The van der Waals surface area contributed by atoms with E-state index in [0.717, 1.165) is 4.88 Å². The lowest BCUT2D eigenvalue weighted by atomic mass is 10.3. The topological polar surface area (TPSA) is 58.2 Å². The van der Waals surface area contributed by atoms with E-state index in [0.29, 0.717) is 6.54 Å². The molecule has 0 spiro atoms. The van der Waals surface area contributed by atoms with Gasteiger partial charge < -0.3 is 5.32 Å². The van der Waals surface area contributed by atoms with Gasteiger partial charge in [-0.1, -0.05) is 29.3 Å². The minimum absolute atomic E-state index is 0.192. The first kappa shape index (κ1) is 15.6. The van der Waals surface area contributed by atoms with Crippen molar-refractivity contribution in [3.05, 3.63) is 44.6 Å². The molecule has 2 aromatic rings. The molecule has 2 N–H and O–H groups in total. The number of benzene rings is 1. The zero-order valence-electron chi connectivity index (χ0n) is 10.5. The van der Waals surface area contributed by atoms with Gasteiger partial charge in [-0.2, -0.15) is 0 Å². The zero-order chi connectivity index (χ0) is 14.8. The van der Waals surface area contributed by atoms with Crippen LogP contribution in [-0.2, 0) is 16.6 Å². The summed E-state index contributed by atoms with van der Waals surface area (Å²) in [6, 6.07) is 6.37. The molecule has 0 bridgehead atoms. The van der Waals surface area contributed by atoms with Gasteiger partial charge in [-0.3, -0.25) is 4.72 Å². The van der Waals surface area contributed by atoms with E-state index in [1.165, 1.54) is 11.3 Å². The second-order valence-electron chi connectivity index (χ2n) is 3.94. The Morgan fingerprint density at radius 1 is 1.20 bits per heavy atom. The normalized spacial score (nSPS) is 11.6. The van der Waals surface area contributed by atoms with Crippen LogP contribution in [-0.4, -0.2) is 15.5 Å². The molecule has 8 heteroatoms. The number of halogens is 2. The third kappa shape index (κ3) is 3.27. The molecule has 4 nitrogen and oxygen atoms in total. The highest BCUT2D eigenvalue weighted by atomic mass is 35.5. The minimum Gasteiger partial charge on any atom is -0.315 e. The maximum absolute atomic E-state index is 12.4. The van der Waals surface area contributed by atoms with Crippen LogP contribution in [0.4, 0.5) is 5.69 Å². The first-order valence-corrected chi connectivity index (χ1v) is 8.75. The maximum atomic E-state index is 12.4. The van der Waals surface area contributed by atoms with Crippen LogP contribution in [0.2, 0.25) is 10.0 Å². The Kier molecular flexibility index (Phi) is 4.93. The predicted molar refractivity (Wildman–Crippen MR) is 84.4 cm³/mol. The standard InChI is InChI=1S/C12H12Cl2N2O2S2/c1-15-7-10-11(5-6-19-10)20(17,18)16-12-8(13)3-2-4-9(12)14/h2-6,15-16H,7H2,1H3. The van der Waals surface area contributed by atoms with Crippen LogP contribution in [0.1, 0.15) is 4.88 Å². The summed E-state index contributed by atoms with van der Waals surface area (Å²) in [5.74, 6) is 0. The lowest BCUT2D eigenvalue weighted by Crippen LogP contribution is -2.16. The summed E-state index contributed by atoms with van der Waals surface area (Å²) in [5, 5.41) is 5.18. The molecule has 0 radical (unpaired) electrons. The Bertz CT molecular complexity index is 694. The summed E-state index contributed by atoms with van der Waals surface area (Å²) in [5.41, 5.74) is 0.192. The van der Waals surface area contributed by atoms with Crippen molar-refractivity contribution in [2.24, 2.45) is 0 Å². The largest absolute Gasteiger partial charge is 0.315 e. The molecule has 1 aromatic heterocycles. The number of rotatable bonds is 5. The fourth-order valence-electron chi connectivity index (χ4n) is 1.64. The number of hydrogen-bond acceptors (Lipinski definition) is 4. The predicted octanol–water partition coefficient (Wildman–Crippen LogP) is 3.58. The molecule has 0 unspecified atom stereocenters. The Hall–Kier alpha value is -0.790. The summed E-state index contributed by atoms with van der Waals surface area (Å²) in [4.78, 5) is 0.955. The van der Waals surface area contributed by atoms with Crippen LogP contribution in [0.25, 0.3) is 0 Å². The summed E-state index contributed by atoms with van der Waals surface area (Å²) < 4.78 is 27.3. The molecule has 20 heavy (non-hydrogen) atoms. The zero-order valence-corrected chi connectivity index (χ0v) is 13.6. The van der Waals surface area contributed by atoms with Crippen LogP contribution in [0.3, 0.4) is 0 Å². The van der Waals surface area contributed by atoms with Gasteiger partial charge in [-0.25, -0.2) is 8.42 Å².